The molecule has 0 spiro atoms. The van der Waals surface area contributed by atoms with Gasteiger partial charge < -0.3 is 9.64 Å². The highest BCUT2D eigenvalue weighted by atomic mass is 32.2. The van der Waals surface area contributed by atoms with Gasteiger partial charge in [-0.15, -0.1) is 5.10 Å². The maximum atomic E-state index is 13.1. The summed E-state index contributed by atoms with van der Waals surface area (Å²) in [7, 11) is -2.19. The highest BCUT2D eigenvalue weighted by molar-refractivity contribution is 7.89. The Labute approximate surface area is 161 Å². The van der Waals surface area contributed by atoms with Gasteiger partial charge in [0.1, 0.15) is 17.8 Å². The van der Waals surface area contributed by atoms with Crippen LogP contribution in [0.3, 0.4) is 0 Å². The molecule has 1 aliphatic heterocycles. The fraction of sp³-hybridized carbons (Fsp3) is 0.312. The molecule has 3 aromatic rings. The summed E-state index contributed by atoms with van der Waals surface area (Å²) in [6.45, 7) is 1.72. The van der Waals surface area contributed by atoms with E-state index in [9.17, 15) is 8.42 Å². The lowest BCUT2D eigenvalue weighted by atomic mass is 10.3. The van der Waals surface area contributed by atoms with Crippen LogP contribution in [0.1, 0.15) is 0 Å². The van der Waals surface area contributed by atoms with Gasteiger partial charge in [-0.2, -0.15) is 8.99 Å². The number of rotatable bonds is 5. The van der Waals surface area contributed by atoms with E-state index in [0.717, 1.165) is 0 Å². The minimum atomic E-state index is -3.66. The predicted octanol–water partition coefficient (Wildman–Crippen LogP) is -0.0282. The van der Waals surface area contributed by atoms with Gasteiger partial charge in [0.15, 0.2) is 0 Å². The summed E-state index contributed by atoms with van der Waals surface area (Å²) in [4.78, 5) is 10.6. The first-order valence-corrected chi connectivity index (χ1v) is 9.97. The summed E-state index contributed by atoms with van der Waals surface area (Å²) in [5.41, 5.74) is 0.553. The Balaban J connectivity index is 1.54. The van der Waals surface area contributed by atoms with Gasteiger partial charge in [-0.05, 0) is 28.6 Å². The van der Waals surface area contributed by atoms with Crippen LogP contribution in [0.15, 0.2) is 47.9 Å². The van der Waals surface area contributed by atoms with Gasteiger partial charge in [-0.25, -0.2) is 18.4 Å². The normalized spacial score (nSPS) is 15.5. The SMILES string of the molecule is COc1cc(S(=O)(=O)N2CCN(c3ncccn3)CC2)ccc1-n1cnnn1. The molecule has 0 atom stereocenters. The van der Waals surface area contributed by atoms with Crippen LogP contribution in [0.4, 0.5) is 5.95 Å². The fourth-order valence-corrected chi connectivity index (χ4v) is 4.45. The smallest absolute Gasteiger partial charge is 0.243 e. The lowest BCUT2D eigenvalue weighted by Gasteiger charge is -2.33. The Hall–Kier alpha value is -3.12. The number of methoxy groups -OCH3 is 1. The van der Waals surface area contributed by atoms with E-state index < -0.39 is 10.0 Å². The zero-order chi connectivity index (χ0) is 19.6. The Morgan fingerprint density at radius 2 is 1.82 bits per heavy atom. The molecule has 0 aliphatic carbocycles. The van der Waals surface area contributed by atoms with Crippen LogP contribution >= 0.6 is 0 Å². The molecule has 146 valence electrons. The van der Waals surface area contributed by atoms with Crippen molar-refractivity contribution in [2.75, 3.05) is 38.2 Å². The molecule has 1 aromatic carbocycles. The van der Waals surface area contributed by atoms with E-state index in [0.29, 0.717) is 43.6 Å². The summed E-state index contributed by atoms with van der Waals surface area (Å²) >= 11 is 0. The quantitative estimate of drug-likeness (QED) is 0.579. The van der Waals surface area contributed by atoms with Gasteiger partial charge in [0.2, 0.25) is 16.0 Å². The lowest BCUT2D eigenvalue weighted by Crippen LogP contribution is -2.49. The molecular formula is C16H18N8O3S. The van der Waals surface area contributed by atoms with Crippen molar-refractivity contribution in [1.82, 2.24) is 34.5 Å². The van der Waals surface area contributed by atoms with E-state index in [4.69, 9.17) is 4.74 Å². The molecule has 1 saturated heterocycles. The van der Waals surface area contributed by atoms with Crippen LogP contribution in [-0.2, 0) is 10.0 Å². The third kappa shape index (κ3) is 3.39. The number of hydrogen-bond acceptors (Lipinski definition) is 9. The Kier molecular flexibility index (Phi) is 4.88. The maximum Gasteiger partial charge on any atom is 0.243 e. The largest absolute Gasteiger partial charge is 0.494 e. The second kappa shape index (κ2) is 7.48. The van der Waals surface area contributed by atoms with Crippen molar-refractivity contribution in [2.45, 2.75) is 4.90 Å². The minimum absolute atomic E-state index is 0.158. The molecule has 1 aliphatic rings. The number of sulfonamides is 1. The van der Waals surface area contributed by atoms with Gasteiger partial charge in [0.05, 0.1) is 12.0 Å². The monoisotopic (exact) mass is 402 g/mol. The van der Waals surface area contributed by atoms with E-state index in [1.165, 1.54) is 34.6 Å². The number of hydrogen-bond donors (Lipinski definition) is 0. The highest BCUT2D eigenvalue weighted by Crippen LogP contribution is 2.28. The van der Waals surface area contributed by atoms with Crippen LogP contribution in [0.5, 0.6) is 5.75 Å². The molecule has 0 N–H and O–H groups in total. The fourth-order valence-electron chi connectivity index (χ4n) is 3.01. The first-order valence-electron chi connectivity index (χ1n) is 8.53. The topological polar surface area (TPSA) is 119 Å². The summed E-state index contributed by atoms with van der Waals surface area (Å²) in [5, 5.41) is 11.0. The number of anilines is 1. The molecule has 28 heavy (non-hydrogen) atoms. The molecule has 4 rings (SSSR count). The average Bonchev–Trinajstić information content (AvgIpc) is 3.28. The Morgan fingerprint density at radius 1 is 1.07 bits per heavy atom. The summed E-state index contributed by atoms with van der Waals surface area (Å²) in [6.07, 6.45) is 4.75. The standard InChI is InChI=1S/C16H18N8O3S/c1-27-15-11-13(3-4-14(15)24-12-19-20-21-24)28(25,26)23-9-7-22(8-10-23)16-17-5-2-6-18-16/h2-6,11-12H,7-10H2,1H3. The van der Waals surface area contributed by atoms with E-state index in [1.54, 1.807) is 24.5 Å². The number of nitrogens with zero attached hydrogens (tertiary/aromatic N) is 8. The zero-order valence-corrected chi connectivity index (χ0v) is 15.9. The molecule has 12 heteroatoms. The molecule has 0 radical (unpaired) electrons. The van der Waals surface area contributed by atoms with Gasteiger partial charge >= 0.3 is 0 Å². The van der Waals surface area contributed by atoms with Crippen LogP contribution in [-0.4, -0.2) is 76.2 Å². The highest BCUT2D eigenvalue weighted by Gasteiger charge is 2.30. The van der Waals surface area contributed by atoms with Crippen molar-refractivity contribution in [2.24, 2.45) is 0 Å². The average molecular weight is 402 g/mol. The van der Waals surface area contributed by atoms with Crippen molar-refractivity contribution in [1.29, 1.82) is 0 Å². The minimum Gasteiger partial charge on any atom is -0.494 e. The van der Waals surface area contributed by atoms with Crippen molar-refractivity contribution >= 4 is 16.0 Å². The molecule has 0 saturated carbocycles. The summed E-state index contributed by atoms with van der Waals surface area (Å²) < 4.78 is 34.3. The third-order valence-electron chi connectivity index (χ3n) is 4.46. The van der Waals surface area contributed by atoms with Crippen LogP contribution in [0.25, 0.3) is 5.69 Å². The number of tetrazole rings is 1. The maximum absolute atomic E-state index is 13.1. The van der Waals surface area contributed by atoms with Crippen LogP contribution in [0.2, 0.25) is 0 Å². The summed E-state index contributed by atoms with van der Waals surface area (Å²) in [5.74, 6) is 0.969. The second-order valence-corrected chi connectivity index (χ2v) is 7.97. The summed E-state index contributed by atoms with van der Waals surface area (Å²) in [6, 6.07) is 6.38. The van der Waals surface area contributed by atoms with Gasteiger partial charge in [-0.1, -0.05) is 0 Å². The predicted molar refractivity (Wildman–Crippen MR) is 98.7 cm³/mol. The number of benzene rings is 1. The number of ether oxygens (including phenoxy) is 1. The van der Waals surface area contributed by atoms with E-state index in [2.05, 4.69) is 25.5 Å². The van der Waals surface area contributed by atoms with E-state index >= 15 is 0 Å². The first kappa shape index (κ1) is 18.3. The molecule has 0 bridgehead atoms. The van der Waals surface area contributed by atoms with Crippen molar-refractivity contribution in [3.8, 4) is 11.4 Å². The van der Waals surface area contributed by atoms with Crippen molar-refractivity contribution in [3.63, 3.8) is 0 Å². The molecular weight excluding hydrogens is 384 g/mol. The lowest BCUT2D eigenvalue weighted by molar-refractivity contribution is 0.381. The van der Waals surface area contributed by atoms with E-state index in [-0.39, 0.29) is 4.90 Å². The second-order valence-electron chi connectivity index (χ2n) is 6.03. The molecule has 11 nitrogen and oxygen atoms in total. The van der Waals surface area contributed by atoms with E-state index in [1.807, 2.05) is 4.90 Å². The molecule has 0 unspecified atom stereocenters. The molecule has 0 amide bonds. The zero-order valence-electron chi connectivity index (χ0n) is 15.1. The molecule has 3 heterocycles. The van der Waals surface area contributed by atoms with Crippen LogP contribution in [0, 0.1) is 0 Å². The third-order valence-corrected chi connectivity index (χ3v) is 6.35. The van der Waals surface area contributed by atoms with Crippen LogP contribution < -0.4 is 9.64 Å². The van der Waals surface area contributed by atoms with Crippen molar-refractivity contribution in [3.05, 3.63) is 43.0 Å². The van der Waals surface area contributed by atoms with Crippen molar-refractivity contribution < 1.29 is 13.2 Å². The molecule has 1 fully saturated rings. The number of piperazine rings is 1. The number of aromatic nitrogens is 6. The van der Waals surface area contributed by atoms with Gasteiger partial charge in [0.25, 0.3) is 0 Å². The Morgan fingerprint density at radius 3 is 2.46 bits per heavy atom. The van der Waals surface area contributed by atoms with Gasteiger partial charge in [-0.3, -0.25) is 0 Å². The molecule has 2 aromatic heterocycles. The first-order chi connectivity index (χ1) is 13.6. The Bertz CT molecular complexity index is 1040. The van der Waals surface area contributed by atoms with Gasteiger partial charge in [0, 0.05) is 44.6 Å².